The Balaban J connectivity index is 3.27. The lowest BCUT2D eigenvalue weighted by molar-refractivity contribution is -0.149. The number of carbonyl (C=O) groups is 2. The third kappa shape index (κ3) is 3.88. The lowest BCUT2D eigenvalue weighted by Crippen LogP contribution is -2.13. The van der Waals surface area contributed by atoms with Crippen LogP contribution >= 0.6 is 23.2 Å². The molecule has 20 heavy (non-hydrogen) atoms. The van der Waals surface area contributed by atoms with Gasteiger partial charge in [-0.1, -0.05) is 23.2 Å². The Morgan fingerprint density at radius 1 is 1.35 bits per heavy atom. The van der Waals surface area contributed by atoms with Crippen LogP contribution in [0, 0.1) is 0 Å². The zero-order valence-corrected chi connectivity index (χ0v) is 12.3. The molecule has 1 aromatic carbocycles. The Bertz CT molecular complexity index is 566. The summed E-state index contributed by atoms with van der Waals surface area (Å²) >= 11 is 11.8. The molecule has 5 nitrogen and oxygen atoms in total. The smallest absolute Gasteiger partial charge is 0.378 e. The first-order chi connectivity index (χ1) is 9.40. The molecule has 0 aliphatic heterocycles. The standard InChI is InChI=1S/C13H12Cl2O5/c1-3-20-12-8(4-7(14)5-9(12)15)10(16)6-11(17)13(18)19-2/h4-6,16H,3H2,1-2H3/b10-6-. The Hall–Kier alpha value is -1.72. The summed E-state index contributed by atoms with van der Waals surface area (Å²) in [6, 6.07) is 2.81. The van der Waals surface area contributed by atoms with Crippen molar-refractivity contribution in [2.45, 2.75) is 6.92 Å². The lowest BCUT2D eigenvalue weighted by Gasteiger charge is -2.12. The Morgan fingerprint density at radius 2 is 2.00 bits per heavy atom. The third-order valence-corrected chi connectivity index (χ3v) is 2.73. The minimum absolute atomic E-state index is 0.113. The predicted octanol–water partition coefficient (Wildman–Crippen LogP) is 3.03. The van der Waals surface area contributed by atoms with Crippen LogP contribution in [0.25, 0.3) is 5.76 Å². The van der Waals surface area contributed by atoms with E-state index in [1.807, 2.05) is 0 Å². The van der Waals surface area contributed by atoms with E-state index in [-0.39, 0.29) is 21.4 Å². The summed E-state index contributed by atoms with van der Waals surface area (Å²) < 4.78 is 9.54. The van der Waals surface area contributed by atoms with Gasteiger partial charge in [0.25, 0.3) is 5.78 Å². The molecule has 0 fully saturated rings. The van der Waals surface area contributed by atoms with Crippen molar-refractivity contribution in [3.8, 4) is 5.75 Å². The number of carbonyl (C=O) groups excluding carboxylic acids is 2. The SMILES string of the molecule is CCOc1c(Cl)cc(Cl)cc1/C(O)=C/C(=O)C(=O)OC. The van der Waals surface area contributed by atoms with Gasteiger partial charge in [-0.15, -0.1) is 0 Å². The molecule has 1 rings (SSSR count). The molecule has 0 saturated heterocycles. The van der Waals surface area contributed by atoms with Gasteiger partial charge in [0.2, 0.25) is 0 Å². The van der Waals surface area contributed by atoms with E-state index in [0.717, 1.165) is 13.2 Å². The highest BCUT2D eigenvalue weighted by molar-refractivity contribution is 6.39. The van der Waals surface area contributed by atoms with Crippen molar-refractivity contribution in [2.75, 3.05) is 13.7 Å². The number of aliphatic hydroxyl groups excluding tert-OH is 1. The predicted molar refractivity (Wildman–Crippen MR) is 75.3 cm³/mol. The van der Waals surface area contributed by atoms with Crippen LogP contribution in [0.5, 0.6) is 5.75 Å². The molecular formula is C13H12Cl2O5. The number of halogens is 2. The van der Waals surface area contributed by atoms with E-state index in [4.69, 9.17) is 27.9 Å². The molecule has 1 aromatic rings. The van der Waals surface area contributed by atoms with Crippen LogP contribution in [0.2, 0.25) is 10.0 Å². The quantitative estimate of drug-likeness (QED) is 0.391. The van der Waals surface area contributed by atoms with E-state index < -0.39 is 17.5 Å². The highest BCUT2D eigenvalue weighted by atomic mass is 35.5. The van der Waals surface area contributed by atoms with Crippen LogP contribution in [0.1, 0.15) is 12.5 Å². The van der Waals surface area contributed by atoms with Gasteiger partial charge in [-0.25, -0.2) is 4.79 Å². The average Bonchev–Trinajstić information content (AvgIpc) is 2.40. The number of aliphatic hydroxyl groups is 1. The molecule has 0 atom stereocenters. The molecular weight excluding hydrogens is 307 g/mol. The highest BCUT2D eigenvalue weighted by Gasteiger charge is 2.17. The van der Waals surface area contributed by atoms with Crippen LogP contribution in [0.4, 0.5) is 0 Å². The first-order valence-electron chi connectivity index (χ1n) is 5.55. The molecule has 0 saturated carbocycles. The summed E-state index contributed by atoms with van der Waals surface area (Å²) in [5.41, 5.74) is 0.113. The number of rotatable bonds is 5. The summed E-state index contributed by atoms with van der Waals surface area (Å²) in [5, 5.41) is 10.4. The average molecular weight is 319 g/mol. The van der Waals surface area contributed by atoms with Crippen molar-refractivity contribution < 1.29 is 24.2 Å². The number of ketones is 1. The minimum atomic E-state index is -1.09. The summed E-state index contributed by atoms with van der Waals surface area (Å²) in [4.78, 5) is 22.4. The van der Waals surface area contributed by atoms with E-state index >= 15 is 0 Å². The zero-order valence-electron chi connectivity index (χ0n) is 10.8. The molecule has 108 valence electrons. The monoisotopic (exact) mass is 318 g/mol. The molecule has 0 aliphatic rings. The Labute approximate surface area is 125 Å². The van der Waals surface area contributed by atoms with Gasteiger partial charge in [0.05, 0.1) is 24.3 Å². The lowest BCUT2D eigenvalue weighted by atomic mass is 10.1. The van der Waals surface area contributed by atoms with Gasteiger partial charge < -0.3 is 14.6 Å². The molecule has 1 N–H and O–H groups in total. The van der Waals surface area contributed by atoms with Crippen molar-refractivity contribution >= 4 is 40.7 Å². The fraction of sp³-hybridized carbons (Fsp3) is 0.231. The van der Waals surface area contributed by atoms with Crippen LogP contribution in [0.3, 0.4) is 0 Å². The number of ether oxygens (including phenoxy) is 2. The van der Waals surface area contributed by atoms with Gasteiger partial charge in [0, 0.05) is 11.1 Å². The van der Waals surface area contributed by atoms with E-state index in [1.165, 1.54) is 12.1 Å². The van der Waals surface area contributed by atoms with E-state index in [1.54, 1.807) is 6.92 Å². The molecule has 0 bridgehead atoms. The van der Waals surface area contributed by atoms with Gasteiger partial charge in [-0.05, 0) is 19.1 Å². The molecule has 0 heterocycles. The number of benzene rings is 1. The van der Waals surface area contributed by atoms with Gasteiger partial charge in [-0.2, -0.15) is 0 Å². The van der Waals surface area contributed by atoms with Crippen LogP contribution < -0.4 is 4.74 Å². The van der Waals surface area contributed by atoms with Crippen molar-refractivity contribution in [3.63, 3.8) is 0 Å². The molecule has 0 radical (unpaired) electrons. The Morgan fingerprint density at radius 3 is 2.55 bits per heavy atom. The van der Waals surface area contributed by atoms with Crippen molar-refractivity contribution in [2.24, 2.45) is 0 Å². The maximum absolute atomic E-state index is 11.4. The fourth-order valence-corrected chi connectivity index (χ4v) is 1.95. The van der Waals surface area contributed by atoms with Crippen LogP contribution in [-0.4, -0.2) is 30.6 Å². The van der Waals surface area contributed by atoms with Crippen LogP contribution in [0.15, 0.2) is 18.2 Å². The minimum Gasteiger partial charge on any atom is -0.507 e. The molecule has 0 aromatic heterocycles. The van der Waals surface area contributed by atoms with Crippen molar-refractivity contribution in [1.29, 1.82) is 0 Å². The molecule has 0 aliphatic carbocycles. The summed E-state index contributed by atoms with van der Waals surface area (Å²) in [6.45, 7) is 2.03. The van der Waals surface area contributed by atoms with Crippen LogP contribution in [-0.2, 0) is 14.3 Å². The third-order valence-electron chi connectivity index (χ3n) is 2.23. The number of hydrogen-bond donors (Lipinski definition) is 1. The maximum Gasteiger partial charge on any atom is 0.378 e. The summed E-state index contributed by atoms with van der Waals surface area (Å²) in [5.74, 6) is -2.43. The molecule has 7 heteroatoms. The largest absolute Gasteiger partial charge is 0.507 e. The van der Waals surface area contributed by atoms with Gasteiger partial charge >= 0.3 is 5.97 Å². The fourth-order valence-electron chi connectivity index (χ4n) is 1.40. The number of hydrogen-bond acceptors (Lipinski definition) is 5. The normalized spacial score (nSPS) is 11.1. The second-order valence-corrected chi connectivity index (χ2v) is 4.43. The van der Waals surface area contributed by atoms with E-state index in [2.05, 4.69) is 4.74 Å². The second-order valence-electron chi connectivity index (χ2n) is 3.58. The second kappa shape index (κ2) is 7.17. The highest BCUT2D eigenvalue weighted by Crippen LogP contribution is 2.35. The first kappa shape index (κ1) is 16.3. The van der Waals surface area contributed by atoms with Crippen molar-refractivity contribution in [1.82, 2.24) is 0 Å². The van der Waals surface area contributed by atoms with Gasteiger partial charge in [0.15, 0.2) is 0 Å². The number of methoxy groups -OCH3 is 1. The zero-order chi connectivity index (χ0) is 15.3. The Kier molecular flexibility index (Phi) is 5.85. The summed E-state index contributed by atoms with van der Waals surface area (Å²) in [7, 11) is 1.06. The molecule has 0 spiro atoms. The van der Waals surface area contributed by atoms with Gasteiger partial charge in [-0.3, -0.25) is 4.79 Å². The maximum atomic E-state index is 11.4. The molecule has 0 unspecified atom stereocenters. The molecule has 0 amide bonds. The topological polar surface area (TPSA) is 72.8 Å². The first-order valence-corrected chi connectivity index (χ1v) is 6.31. The van der Waals surface area contributed by atoms with E-state index in [9.17, 15) is 14.7 Å². The summed E-state index contributed by atoms with van der Waals surface area (Å²) in [6.07, 6.45) is 0.719. The van der Waals surface area contributed by atoms with Gasteiger partial charge in [0.1, 0.15) is 11.5 Å². The van der Waals surface area contributed by atoms with E-state index in [0.29, 0.717) is 6.61 Å². The van der Waals surface area contributed by atoms with Crippen molar-refractivity contribution in [3.05, 3.63) is 33.8 Å². The number of esters is 1.